The summed E-state index contributed by atoms with van der Waals surface area (Å²) in [4.78, 5) is 12.9. The van der Waals surface area contributed by atoms with Crippen molar-refractivity contribution in [2.75, 3.05) is 19.0 Å². The molecular weight excluding hydrogens is 305 g/mol. The number of rotatable bonds is 4. The number of hydrogen-bond donors (Lipinski definition) is 1. The van der Waals surface area contributed by atoms with E-state index in [1.165, 1.54) is 23.9 Å². The minimum atomic E-state index is -0.264. The maximum absolute atomic E-state index is 12.8. The summed E-state index contributed by atoms with van der Waals surface area (Å²) in [6.45, 7) is 1.31. The van der Waals surface area contributed by atoms with Crippen molar-refractivity contribution in [1.82, 2.24) is 5.32 Å². The lowest BCUT2D eigenvalue weighted by molar-refractivity contribution is -0.158. The monoisotopic (exact) mass is 325 g/mol. The molecule has 1 saturated heterocycles. The van der Waals surface area contributed by atoms with Gasteiger partial charge in [-0.3, -0.25) is 4.79 Å². The summed E-state index contributed by atoms with van der Waals surface area (Å²) in [5.41, 5.74) is 0. The van der Waals surface area contributed by atoms with E-state index in [0.29, 0.717) is 19.0 Å². The number of carbonyl (C=O) groups excluding carboxylic acids is 1. The number of halogens is 1. The lowest BCUT2D eigenvalue weighted by Gasteiger charge is -2.39. The zero-order valence-electron chi connectivity index (χ0n) is 12.3. The Labute approximate surface area is 133 Å². The van der Waals surface area contributed by atoms with Gasteiger partial charge in [-0.1, -0.05) is 0 Å². The zero-order chi connectivity index (χ0) is 15.4. The fourth-order valence-corrected chi connectivity index (χ4v) is 3.66. The molecule has 1 saturated carbocycles. The molecule has 1 heterocycles. The summed E-state index contributed by atoms with van der Waals surface area (Å²) in [7, 11) is 0. The van der Waals surface area contributed by atoms with Gasteiger partial charge in [0, 0.05) is 10.9 Å². The molecular formula is C16H20FNO3S. The van der Waals surface area contributed by atoms with Crippen LogP contribution >= 0.6 is 11.8 Å². The Bertz CT molecular complexity index is 511. The lowest BCUT2D eigenvalue weighted by Crippen LogP contribution is -2.49. The summed E-state index contributed by atoms with van der Waals surface area (Å²) in [6.07, 6.45) is 2.98. The largest absolute Gasteiger partial charge is 0.373 e. The van der Waals surface area contributed by atoms with E-state index < -0.39 is 0 Å². The second-order valence-corrected chi connectivity index (χ2v) is 6.69. The van der Waals surface area contributed by atoms with E-state index in [2.05, 4.69) is 5.32 Å². The molecule has 1 aromatic carbocycles. The highest BCUT2D eigenvalue weighted by atomic mass is 32.2. The first-order chi connectivity index (χ1) is 10.7. The third-order valence-electron chi connectivity index (χ3n) is 4.03. The van der Waals surface area contributed by atoms with Crippen molar-refractivity contribution in [3.8, 4) is 0 Å². The summed E-state index contributed by atoms with van der Waals surface area (Å²) in [5.74, 6) is 0.0860. The van der Waals surface area contributed by atoms with Crippen molar-refractivity contribution in [2.45, 2.75) is 42.4 Å². The molecule has 4 nitrogen and oxygen atoms in total. The van der Waals surface area contributed by atoms with Gasteiger partial charge in [-0.25, -0.2) is 4.39 Å². The average molecular weight is 325 g/mol. The molecule has 3 rings (SSSR count). The summed E-state index contributed by atoms with van der Waals surface area (Å²) in [5, 5.41) is 3.06. The van der Waals surface area contributed by atoms with Crippen LogP contribution in [0, 0.1) is 5.82 Å². The molecule has 1 aliphatic carbocycles. The Kier molecular flexibility index (Phi) is 5.33. The van der Waals surface area contributed by atoms with Crippen LogP contribution in [0.3, 0.4) is 0 Å². The van der Waals surface area contributed by atoms with Crippen molar-refractivity contribution in [3.63, 3.8) is 0 Å². The Morgan fingerprint density at radius 1 is 1.18 bits per heavy atom. The number of amides is 1. The Morgan fingerprint density at radius 2 is 1.91 bits per heavy atom. The summed E-state index contributed by atoms with van der Waals surface area (Å²) in [6, 6.07) is 6.34. The van der Waals surface area contributed by atoms with Gasteiger partial charge in [0.25, 0.3) is 0 Å². The molecule has 2 aliphatic rings. The third kappa shape index (κ3) is 4.21. The first-order valence-corrected chi connectivity index (χ1v) is 8.60. The van der Waals surface area contributed by atoms with E-state index in [1.54, 1.807) is 12.1 Å². The molecule has 0 bridgehead atoms. The number of hydrogen-bond acceptors (Lipinski definition) is 4. The van der Waals surface area contributed by atoms with E-state index in [9.17, 15) is 9.18 Å². The van der Waals surface area contributed by atoms with Crippen LogP contribution in [-0.2, 0) is 14.3 Å². The molecule has 6 heteroatoms. The fourth-order valence-electron chi connectivity index (χ4n) is 2.95. The SMILES string of the molecule is O=C(CSc1ccc(F)cc1)N[C@@H]1CC[C@H]2OCCO[C@H]2C1. The molecule has 0 unspecified atom stereocenters. The number of nitrogens with one attached hydrogen (secondary N) is 1. The minimum Gasteiger partial charge on any atom is -0.373 e. The van der Waals surface area contributed by atoms with E-state index in [-0.39, 0.29) is 30.0 Å². The maximum Gasteiger partial charge on any atom is 0.230 e. The lowest BCUT2D eigenvalue weighted by atomic mass is 9.89. The van der Waals surface area contributed by atoms with Crippen molar-refractivity contribution in [1.29, 1.82) is 0 Å². The molecule has 0 spiro atoms. The van der Waals surface area contributed by atoms with Crippen LogP contribution in [-0.4, -0.2) is 43.1 Å². The first-order valence-electron chi connectivity index (χ1n) is 7.61. The number of ether oxygens (including phenoxy) is 2. The highest BCUT2D eigenvalue weighted by Gasteiger charge is 2.34. The van der Waals surface area contributed by atoms with E-state index >= 15 is 0 Å². The molecule has 120 valence electrons. The van der Waals surface area contributed by atoms with E-state index in [1.807, 2.05) is 0 Å². The number of thioether (sulfide) groups is 1. The molecule has 1 aliphatic heterocycles. The summed E-state index contributed by atoms with van der Waals surface area (Å²) < 4.78 is 24.2. The fraction of sp³-hybridized carbons (Fsp3) is 0.562. The first kappa shape index (κ1) is 15.8. The van der Waals surface area contributed by atoms with Crippen LogP contribution in [0.4, 0.5) is 4.39 Å². The second-order valence-electron chi connectivity index (χ2n) is 5.64. The van der Waals surface area contributed by atoms with Gasteiger partial charge in [-0.2, -0.15) is 0 Å². The maximum atomic E-state index is 12.8. The van der Waals surface area contributed by atoms with Gasteiger partial charge < -0.3 is 14.8 Å². The van der Waals surface area contributed by atoms with Crippen molar-refractivity contribution >= 4 is 17.7 Å². The van der Waals surface area contributed by atoms with Crippen molar-refractivity contribution in [2.24, 2.45) is 0 Å². The van der Waals surface area contributed by atoms with Gasteiger partial charge in [0.1, 0.15) is 5.82 Å². The minimum absolute atomic E-state index is 0.00880. The number of fused-ring (bicyclic) bond motifs is 1. The van der Waals surface area contributed by atoms with Crippen LogP contribution < -0.4 is 5.32 Å². The average Bonchev–Trinajstić information content (AvgIpc) is 2.54. The molecule has 1 N–H and O–H groups in total. The standard InChI is InChI=1S/C16H20FNO3S/c17-11-1-4-13(5-2-11)22-10-16(19)18-12-3-6-14-15(9-12)21-8-7-20-14/h1-2,4-5,12,14-15H,3,6-10H2,(H,18,19)/t12-,14-,15+/m1/s1. The van der Waals surface area contributed by atoms with Crippen LogP contribution in [0.1, 0.15) is 19.3 Å². The zero-order valence-corrected chi connectivity index (χ0v) is 13.1. The van der Waals surface area contributed by atoms with Gasteiger partial charge in [0.05, 0.1) is 31.2 Å². The highest BCUT2D eigenvalue weighted by Crippen LogP contribution is 2.27. The molecule has 2 fully saturated rings. The molecule has 0 aromatic heterocycles. The second kappa shape index (κ2) is 7.44. The highest BCUT2D eigenvalue weighted by molar-refractivity contribution is 8.00. The molecule has 3 atom stereocenters. The smallest absolute Gasteiger partial charge is 0.230 e. The topological polar surface area (TPSA) is 47.6 Å². The number of benzene rings is 1. The summed E-state index contributed by atoms with van der Waals surface area (Å²) >= 11 is 1.41. The Balaban J connectivity index is 1.42. The van der Waals surface area contributed by atoms with Crippen LogP contribution in [0.5, 0.6) is 0 Å². The normalized spacial score (nSPS) is 28.0. The molecule has 1 aromatic rings. The van der Waals surface area contributed by atoms with Gasteiger partial charge >= 0.3 is 0 Å². The molecule has 22 heavy (non-hydrogen) atoms. The van der Waals surface area contributed by atoms with Crippen LogP contribution in [0.2, 0.25) is 0 Å². The van der Waals surface area contributed by atoms with Gasteiger partial charge in [-0.05, 0) is 43.5 Å². The van der Waals surface area contributed by atoms with Crippen LogP contribution in [0.25, 0.3) is 0 Å². The Morgan fingerprint density at radius 3 is 2.68 bits per heavy atom. The van der Waals surface area contributed by atoms with E-state index in [0.717, 1.165) is 24.2 Å². The van der Waals surface area contributed by atoms with E-state index in [4.69, 9.17) is 9.47 Å². The molecule has 1 amide bonds. The predicted molar refractivity (Wildman–Crippen MR) is 82.4 cm³/mol. The van der Waals surface area contributed by atoms with Gasteiger partial charge in [-0.15, -0.1) is 11.8 Å². The van der Waals surface area contributed by atoms with Crippen molar-refractivity contribution in [3.05, 3.63) is 30.1 Å². The third-order valence-corrected chi connectivity index (χ3v) is 5.04. The quantitative estimate of drug-likeness (QED) is 0.864. The van der Waals surface area contributed by atoms with Gasteiger partial charge in [0.2, 0.25) is 5.91 Å². The number of carbonyl (C=O) groups is 1. The molecule has 0 radical (unpaired) electrons. The van der Waals surface area contributed by atoms with Gasteiger partial charge in [0.15, 0.2) is 0 Å². The van der Waals surface area contributed by atoms with Crippen LogP contribution in [0.15, 0.2) is 29.2 Å². The predicted octanol–water partition coefficient (Wildman–Crippen LogP) is 2.37. The Hall–Kier alpha value is -1.11. The van der Waals surface area contributed by atoms with Crippen molar-refractivity contribution < 1.29 is 18.7 Å².